The number of methoxy groups -OCH3 is 1. The summed E-state index contributed by atoms with van der Waals surface area (Å²) in [5.74, 6) is -4.29. The number of hydrogen-bond acceptors (Lipinski definition) is 4. The maximum Gasteiger partial charge on any atom is 0.430 e. The lowest BCUT2D eigenvalue weighted by Crippen LogP contribution is -2.69. The molecule has 0 saturated heterocycles. The number of halogens is 6. The summed E-state index contributed by atoms with van der Waals surface area (Å²) in [7, 11) is 0.956. The van der Waals surface area contributed by atoms with Crippen molar-refractivity contribution in [2.45, 2.75) is 106 Å². The maximum absolute atomic E-state index is 14.3. The summed E-state index contributed by atoms with van der Waals surface area (Å²) < 4.78 is 100. The van der Waals surface area contributed by atoms with Crippen LogP contribution in [0.3, 0.4) is 0 Å². The lowest BCUT2D eigenvalue weighted by molar-refractivity contribution is -0.434. The van der Waals surface area contributed by atoms with Crippen molar-refractivity contribution >= 4 is 5.97 Å². The van der Waals surface area contributed by atoms with E-state index in [1.165, 1.54) is 13.8 Å². The van der Waals surface area contributed by atoms with Crippen LogP contribution in [0, 0.1) is 28.6 Å². The maximum atomic E-state index is 14.3. The monoisotopic (exact) mass is 494 g/mol. The van der Waals surface area contributed by atoms with Gasteiger partial charge in [0.15, 0.2) is 12.4 Å². The molecule has 3 atom stereocenters. The van der Waals surface area contributed by atoms with E-state index in [4.69, 9.17) is 14.2 Å². The van der Waals surface area contributed by atoms with Gasteiger partial charge in [-0.3, -0.25) is 4.79 Å². The summed E-state index contributed by atoms with van der Waals surface area (Å²) in [5, 5.41) is 0. The molecule has 0 aliphatic heterocycles. The smallest absolute Gasteiger partial charge is 0.430 e. The van der Waals surface area contributed by atoms with E-state index in [9.17, 15) is 31.1 Å². The molecule has 0 bridgehead atoms. The molecule has 0 N–H and O–H groups in total. The molecular weight excluding hydrogens is 454 g/mol. The number of carbonyl (C=O) groups is 1. The molecule has 0 aromatic rings. The normalized spacial score (nSPS) is 17.3. The van der Waals surface area contributed by atoms with Crippen molar-refractivity contribution in [3.05, 3.63) is 0 Å². The molecule has 0 heterocycles. The van der Waals surface area contributed by atoms with Gasteiger partial charge < -0.3 is 14.2 Å². The van der Waals surface area contributed by atoms with Crippen LogP contribution >= 0.6 is 0 Å². The number of alkyl halides is 6. The number of carbonyl (C=O) groups excluding carboxylic acids is 1. The van der Waals surface area contributed by atoms with Crippen LogP contribution in [0.15, 0.2) is 0 Å². The quantitative estimate of drug-likeness (QED) is 0.194. The van der Waals surface area contributed by atoms with E-state index < -0.39 is 64.9 Å². The van der Waals surface area contributed by atoms with Gasteiger partial charge in [0.1, 0.15) is 0 Å². The number of hydrogen-bond donors (Lipinski definition) is 0. The molecule has 0 rings (SSSR count). The van der Waals surface area contributed by atoms with Gasteiger partial charge in [-0.05, 0) is 23.2 Å². The Morgan fingerprint density at radius 2 is 1.21 bits per heavy atom. The molecule has 0 amide bonds. The standard InChI is InChI=1S/C23H40F6O4/c1-13(2)16(32-17(30)15(20(8,9)10)12-19(5,6)7)21(22(24,25)26,23(27,28)29)33-18(31-11)14(3)4/h13-16,18H,12H2,1-11H3. The predicted octanol–water partition coefficient (Wildman–Crippen LogP) is 7.16. The third-order valence-electron chi connectivity index (χ3n) is 5.32. The van der Waals surface area contributed by atoms with E-state index in [1.807, 2.05) is 20.8 Å². The third-order valence-corrected chi connectivity index (χ3v) is 5.32. The minimum absolute atomic E-state index is 0.207. The van der Waals surface area contributed by atoms with Gasteiger partial charge in [0.05, 0.1) is 5.92 Å². The molecule has 4 nitrogen and oxygen atoms in total. The second-order valence-corrected chi connectivity index (χ2v) is 11.5. The molecule has 0 aromatic carbocycles. The van der Waals surface area contributed by atoms with Crippen molar-refractivity contribution < 1.29 is 45.3 Å². The van der Waals surface area contributed by atoms with Crippen molar-refractivity contribution in [3.8, 4) is 0 Å². The molecule has 0 aromatic heterocycles. The zero-order valence-electron chi connectivity index (χ0n) is 21.5. The third kappa shape index (κ3) is 8.01. The first-order valence-electron chi connectivity index (χ1n) is 11.0. The molecule has 0 spiro atoms. The van der Waals surface area contributed by atoms with Gasteiger partial charge in [-0.25, -0.2) is 0 Å². The Morgan fingerprint density at radius 3 is 1.45 bits per heavy atom. The van der Waals surface area contributed by atoms with E-state index >= 15 is 0 Å². The van der Waals surface area contributed by atoms with Crippen LogP contribution in [0.1, 0.15) is 75.7 Å². The highest BCUT2D eigenvalue weighted by Gasteiger charge is 2.78. The van der Waals surface area contributed by atoms with Gasteiger partial charge in [0, 0.05) is 13.0 Å². The Kier molecular flexibility index (Phi) is 10.4. The summed E-state index contributed by atoms with van der Waals surface area (Å²) >= 11 is 0. The van der Waals surface area contributed by atoms with E-state index in [-0.39, 0.29) is 6.42 Å². The first-order chi connectivity index (χ1) is 14.4. The Labute approximate surface area is 193 Å². The number of ether oxygens (including phenoxy) is 3. The Morgan fingerprint density at radius 1 is 0.788 bits per heavy atom. The van der Waals surface area contributed by atoms with Crippen LogP contribution in [0.4, 0.5) is 26.3 Å². The lowest BCUT2D eigenvalue weighted by Gasteiger charge is -2.46. The van der Waals surface area contributed by atoms with Crippen molar-refractivity contribution in [2.75, 3.05) is 7.11 Å². The van der Waals surface area contributed by atoms with Crippen molar-refractivity contribution in [3.63, 3.8) is 0 Å². The topological polar surface area (TPSA) is 44.8 Å². The fraction of sp³-hybridized carbons (Fsp3) is 0.957. The Hall–Kier alpha value is -1.03. The SMILES string of the molecule is COC(OC(C(OC(=O)C(CC(C)(C)C)C(C)(C)C)C(C)C)(C(F)(F)F)C(F)(F)F)C(C)C. The number of esters is 1. The molecule has 33 heavy (non-hydrogen) atoms. The number of rotatable bonds is 9. The summed E-state index contributed by atoms with van der Waals surface area (Å²) in [6.45, 7) is 15.5. The Balaban J connectivity index is 6.77. The molecule has 0 aliphatic carbocycles. The van der Waals surface area contributed by atoms with Crippen LogP contribution in [-0.2, 0) is 19.0 Å². The van der Waals surface area contributed by atoms with Gasteiger partial charge in [0.25, 0.3) is 5.60 Å². The molecule has 0 fully saturated rings. The van der Waals surface area contributed by atoms with Gasteiger partial charge >= 0.3 is 18.3 Å². The van der Waals surface area contributed by atoms with E-state index in [2.05, 4.69) is 0 Å². The largest absolute Gasteiger partial charge is 0.458 e. The second-order valence-electron chi connectivity index (χ2n) is 11.5. The summed E-state index contributed by atoms with van der Waals surface area (Å²) in [4.78, 5) is 13.1. The Bertz CT molecular complexity index is 613. The van der Waals surface area contributed by atoms with Crippen LogP contribution in [0.5, 0.6) is 0 Å². The molecule has 0 saturated carbocycles. The van der Waals surface area contributed by atoms with Crippen molar-refractivity contribution in [1.82, 2.24) is 0 Å². The molecule has 0 radical (unpaired) electrons. The molecule has 0 aliphatic rings. The van der Waals surface area contributed by atoms with Crippen LogP contribution in [0.25, 0.3) is 0 Å². The fourth-order valence-corrected chi connectivity index (χ4v) is 3.57. The highest BCUT2D eigenvalue weighted by Crippen LogP contribution is 2.52. The average molecular weight is 495 g/mol. The first-order valence-corrected chi connectivity index (χ1v) is 11.0. The van der Waals surface area contributed by atoms with E-state index in [1.54, 1.807) is 20.8 Å². The molecule has 3 unspecified atom stereocenters. The minimum Gasteiger partial charge on any atom is -0.458 e. The average Bonchev–Trinajstić information content (AvgIpc) is 2.54. The summed E-state index contributed by atoms with van der Waals surface area (Å²) in [6.07, 6.45) is -16.2. The minimum atomic E-state index is -5.95. The van der Waals surface area contributed by atoms with Crippen LogP contribution < -0.4 is 0 Å². The van der Waals surface area contributed by atoms with Crippen molar-refractivity contribution in [2.24, 2.45) is 28.6 Å². The fourth-order valence-electron chi connectivity index (χ4n) is 3.57. The highest BCUT2D eigenvalue weighted by molar-refractivity contribution is 5.73. The van der Waals surface area contributed by atoms with Gasteiger partial charge in [-0.15, -0.1) is 0 Å². The molecular formula is C23H40F6O4. The zero-order chi connectivity index (χ0) is 26.8. The van der Waals surface area contributed by atoms with Crippen LogP contribution in [-0.4, -0.2) is 43.4 Å². The molecule has 10 heteroatoms. The van der Waals surface area contributed by atoms with E-state index in [0.29, 0.717) is 0 Å². The van der Waals surface area contributed by atoms with E-state index in [0.717, 1.165) is 21.0 Å². The van der Waals surface area contributed by atoms with Gasteiger partial charge in [0.2, 0.25) is 0 Å². The van der Waals surface area contributed by atoms with Gasteiger partial charge in [-0.2, -0.15) is 26.3 Å². The second kappa shape index (κ2) is 10.7. The lowest BCUT2D eigenvalue weighted by atomic mass is 9.72. The first kappa shape index (κ1) is 32.0. The summed E-state index contributed by atoms with van der Waals surface area (Å²) in [6, 6.07) is 0. The molecule has 198 valence electrons. The van der Waals surface area contributed by atoms with Crippen LogP contribution in [0.2, 0.25) is 0 Å². The summed E-state index contributed by atoms with van der Waals surface area (Å²) in [5.41, 5.74) is -5.97. The van der Waals surface area contributed by atoms with Crippen molar-refractivity contribution in [1.29, 1.82) is 0 Å². The zero-order valence-corrected chi connectivity index (χ0v) is 21.5. The van der Waals surface area contributed by atoms with Gasteiger partial charge in [-0.1, -0.05) is 69.2 Å². The highest BCUT2D eigenvalue weighted by atomic mass is 19.4. The predicted molar refractivity (Wildman–Crippen MR) is 113 cm³/mol.